The van der Waals surface area contributed by atoms with Crippen molar-refractivity contribution in [3.05, 3.63) is 28.8 Å². The molecule has 0 amide bonds. The fourth-order valence-corrected chi connectivity index (χ4v) is 3.06. The molecule has 106 valence electrons. The van der Waals surface area contributed by atoms with Crippen LogP contribution < -0.4 is 4.90 Å². The summed E-state index contributed by atoms with van der Waals surface area (Å²) in [4.78, 5) is 13.6. The zero-order chi connectivity index (χ0) is 14.9. The van der Waals surface area contributed by atoms with Crippen molar-refractivity contribution in [2.75, 3.05) is 18.0 Å². The van der Waals surface area contributed by atoms with Gasteiger partial charge in [0.1, 0.15) is 0 Å². The van der Waals surface area contributed by atoms with E-state index in [4.69, 9.17) is 16.9 Å². The van der Waals surface area contributed by atoms with Gasteiger partial charge in [0.05, 0.1) is 27.8 Å². The Labute approximate surface area is 123 Å². The molecule has 1 atom stereocenters. The summed E-state index contributed by atoms with van der Waals surface area (Å²) in [6.07, 6.45) is 0.607. The highest BCUT2D eigenvalue weighted by molar-refractivity contribution is 6.33. The largest absolute Gasteiger partial charge is 0.481 e. The first kappa shape index (κ1) is 14.7. The minimum Gasteiger partial charge on any atom is -0.481 e. The quantitative estimate of drug-likeness (QED) is 0.929. The molecule has 1 heterocycles. The highest BCUT2D eigenvalue weighted by atomic mass is 35.5. The lowest BCUT2D eigenvalue weighted by Crippen LogP contribution is -2.39. The van der Waals surface area contributed by atoms with E-state index in [1.54, 1.807) is 18.2 Å². The first-order valence-corrected chi connectivity index (χ1v) is 6.96. The van der Waals surface area contributed by atoms with Crippen LogP contribution in [0.3, 0.4) is 0 Å². The Balaban J connectivity index is 2.30. The van der Waals surface area contributed by atoms with E-state index in [-0.39, 0.29) is 5.92 Å². The number of rotatable bonds is 3. The van der Waals surface area contributed by atoms with Crippen molar-refractivity contribution in [2.24, 2.45) is 11.3 Å². The first-order valence-electron chi connectivity index (χ1n) is 6.58. The van der Waals surface area contributed by atoms with E-state index in [1.807, 2.05) is 24.8 Å². The minimum absolute atomic E-state index is 0.0576. The summed E-state index contributed by atoms with van der Waals surface area (Å²) in [6.45, 7) is 5.00. The van der Waals surface area contributed by atoms with Crippen LogP contribution in [0.1, 0.15) is 25.8 Å². The number of benzene rings is 1. The molecule has 0 aliphatic carbocycles. The molecule has 1 N–H and O–H groups in total. The van der Waals surface area contributed by atoms with E-state index in [0.29, 0.717) is 30.1 Å². The minimum atomic E-state index is -0.750. The highest BCUT2D eigenvalue weighted by Crippen LogP contribution is 2.41. The second-order valence-electron chi connectivity index (χ2n) is 5.57. The van der Waals surface area contributed by atoms with Gasteiger partial charge in [0, 0.05) is 13.1 Å². The van der Waals surface area contributed by atoms with Gasteiger partial charge in [0.2, 0.25) is 0 Å². The van der Waals surface area contributed by atoms with Crippen molar-refractivity contribution < 1.29 is 9.90 Å². The molecular formula is C15H17ClN2O2. The summed E-state index contributed by atoms with van der Waals surface area (Å²) in [6, 6.07) is 7.16. The van der Waals surface area contributed by atoms with Crippen molar-refractivity contribution >= 4 is 23.3 Å². The summed E-state index contributed by atoms with van der Waals surface area (Å²) < 4.78 is 0. The molecule has 1 aromatic rings. The molecule has 0 aromatic heterocycles. The van der Waals surface area contributed by atoms with Crippen LogP contribution in [0.2, 0.25) is 5.02 Å². The van der Waals surface area contributed by atoms with Gasteiger partial charge in [-0.05, 0) is 30.5 Å². The summed E-state index contributed by atoms with van der Waals surface area (Å²) >= 11 is 6.20. The van der Waals surface area contributed by atoms with E-state index < -0.39 is 11.4 Å². The molecule has 0 spiro atoms. The lowest BCUT2D eigenvalue weighted by Gasteiger charge is -2.29. The van der Waals surface area contributed by atoms with Gasteiger partial charge in [-0.3, -0.25) is 4.79 Å². The predicted octanol–water partition coefficient (Wildman–Crippen LogP) is 3.15. The van der Waals surface area contributed by atoms with Crippen LogP contribution in [-0.2, 0) is 4.79 Å². The van der Waals surface area contributed by atoms with Crippen molar-refractivity contribution in [2.45, 2.75) is 20.3 Å². The van der Waals surface area contributed by atoms with Crippen LogP contribution in [0.25, 0.3) is 0 Å². The maximum Gasteiger partial charge on any atom is 0.311 e. The van der Waals surface area contributed by atoms with Gasteiger partial charge < -0.3 is 10.0 Å². The van der Waals surface area contributed by atoms with Crippen LogP contribution in [-0.4, -0.2) is 24.2 Å². The highest BCUT2D eigenvalue weighted by Gasteiger charge is 2.47. The summed E-state index contributed by atoms with van der Waals surface area (Å²) in [5.41, 5.74) is 0.581. The van der Waals surface area contributed by atoms with Crippen molar-refractivity contribution in [3.63, 3.8) is 0 Å². The average Bonchev–Trinajstić information content (AvgIpc) is 2.84. The number of aliphatic carboxylic acids is 1. The van der Waals surface area contributed by atoms with Crippen LogP contribution in [0.15, 0.2) is 18.2 Å². The van der Waals surface area contributed by atoms with Crippen LogP contribution in [0.5, 0.6) is 0 Å². The van der Waals surface area contributed by atoms with Crippen molar-refractivity contribution in [1.29, 1.82) is 5.26 Å². The fraction of sp³-hybridized carbons (Fsp3) is 0.467. The maximum atomic E-state index is 11.6. The van der Waals surface area contributed by atoms with E-state index in [0.717, 1.165) is 5.69 Å². The number of hydrogen-bond acceptors (Lipinski definition) is 3. The monoisotopic (exact) mass is 292 g/mol. The fourth-order valence-electron chi connectivity index (χ4n) is 2.76. The lowest BCUT2D eigenvalue weighted by molar-refractivity contribution is -0.150. The number of carbonyl (C=O) groups is 1. The summed E-state index contributed by atoms with van der Waals surface area (Å²) in [7, 11) is 0. The van der Waals surface area contributed by atoms with Gasteiger partial charge in [-0.25, -0.2) is 0 Å². The molecule has 0 radical (unpaired) electrons. The van der Waals surface area contributed by atoms with Crippen LogP contribution >= 0.6 is 11.6 Å². The standard InChI is InChI=1S/C15H17ClN2O2/c1-10(2)15(14(19)20)5-6-18(9-15)13-4-3-11(8-17)7-12(13)16/h3-4,7,10H,5-6,9H2,1-2H3,(H,19,20). The Morgan fingerprint density at radius 1 is 1.55 bits per heavy atom. The van der Waals surface area contributed by atoms with E-state index in [9.17, 15) is 9.90 Å². The Morgan fingerprint density at radius 3 is 2.70 bits per heavy atom. The third-order valence-corrected chi connectivity index (χ3v) is 4.55. The zero-order valence-electron chi connectivity index (χ0n) is 11.6. The molecular weight excluding hydrogens is 276 g/mol. The number of nitriles is 1. The third-order valence-electron chi connectivity index (χ3n) is 4.25. The maximum absolute atomic E-state index is 11.6. The average molecular weight is 293 g/mol. The van der Waals surface area contributed by atoms with Gasteiger partial charge in [0.25, 0.3) is 0 Å². The second-order valence-corrected chi connectivity index (χ2v) is 5.97. The number of hydrogen-bond donors (Lipinski definition) is 1. The van der Waals surface area contributed by atoms with Gasteiger partial charge >= 0.3 is 5.97 Å². The van der Waals surface area contributed by atoms with Crippen molar-refractivity contribution in [3.8, 4) is 6.07 Å². The van der Waals surface area contributed by atoms with Gasteiger partial charge in [-0.2, -0.15) is 5.26 Å². The zero-order valence-corrected chi connectivity index (χ0v) is 12.3. The number of carboxylic acids is 1. The number of anilines is 1. The summed E-state index contributed by atoms with van der Waals surface area (Å²) in [5, 5.41) is 18.9. The molecule has 0 saturated carbocycles. The molecule has 1 aliphatic rings. The topological polar surface area (TPSA) is 64.3 Å². The summed E-state index contributed by atoms with van der Waals surface area (Å²) in [5.74, 6) is -0.693. The van der Waals surface area contributed by atoms with E-state index >= 15 is 0 Å². The Kier molecular flexibility index (Phi) is 3.92. The molecule has 1 fully saturated rings. The molecule has 1 aliphatic heterocycles. The Hall–Kier alpha value is -1.73. The normalized spacial score (nSPS) is 22.1. The molecule has 0 bridgehead atoms. The number of nitrogens with zero attached hydrogens (tertiary/aromatic N) is 2. The Morgan fingerprint density at radius 2 is 2.25 bits per heavy atom. The molecule has 1 saturated heterocycles. The smallest absolute Gasteiger partial charge is 0.311 e. The van der Waals surface area contributed by atoms with Gasteiger partial charge in [-0.1, -0.05) is 25.4 Å². The number of halogens is 1. The van der Waals surface area contributed by atoms with E-state index in [2.05, 4.69) is 0 Å². The molecule has 5 heteroatoms. The lowest BCUT2D eigenvalue weighted by atomic mass is 9.76. The van der Waals surface area contributed by atoms with Crippen LogP contribution in [0.4, 0.5) is 5.69 Å². The van der Waals surface area contributed by atoms with Crippen molar-refractivity contribution in [1.82, 2.24) is 0 Å². The Bertz CT molecular complexity index is 580. The predicted molar refractivity (Wildman–Crippen MR) is 77.9 cm³/mol. The number of carboxylic acid groups (broad SMARTS) is 1. The second kappa shape index (κ2) is 5.34. The van der Waals surface area contributed by atoms with Crippen LogP contribution in [0, 0.1) is 22.7 Å². The molecule has 2 rings (SSSR count). The molecule has 1 aromatic carbocycles. The first-order chi connectivity index (χ1) is 9.40. The van der Waals surface area contributed by atoms with Gasteiger partial charge in [0.15, 0.2) is 0 Å². The van der Waals surface area contributed by atoms with Gasteiger partial charge in [-0.15, -0.1) is 0 Å². The third kappa shape index (κ3) is 2.34. The SMILES string of the molecule is CC(C)C1(C(=O)O)CCN(c2ccc(C#N)cc2Cl)C1. The van der Waals surface area contributed by atoms with E-state index in [1.165, 1.54) is 0 Å². The molecule has 1 unspecified atom stereocenters. The molecule has 20 heavy (non-hydrogen) atoms. The molecule has 4 nitrogen and oxygen atoms in total.